The molecule has 0 saturated carbocycles. The first kappa shape index (κ1) is 18.8. The van der Waals surface area contributed by atoms with Gasteiger partial charge in [0.2, 0.25) is 0 Å². The Morgan fingerprint density at radius 1 is 1.20 bits per heavy atom. The van der Waals surface area contributed by atoms with Crippen molar-refractivity contribution in [3.05, 3.63) is 38.5 Å². The van der Waals surface area contributed by atoms with Gasteiger partial charge in [-0.2, -0.15) is 0 Å². The van der Waals surface area contributed by atoms with E-state index in [2.05, 4.69) is 53.8 Å². The zero-order valence-electron chi connectivity index (χ0n) is 7.90. The minimum Gasteiger partial charge on any atom is -1.00 e. The summed E-state index contributed by atoms with van der Waals surface area (Å²) in [5.74, 6) is 0. The van der Waals surface area contributed by atoms with Crippen molar-refractivity contribution >= 4 is 28.7 Å². The van der Waals surface area contributed by atoms with Crippen LogP contribution in [0.3, 0.4) is 0 Å². The summed E-state index contributed by atoms with van der Waals surface area (Å²) in [6.45, 7) is 2.23. The second kappa shape index (κ2) is 7.71. The summed E-state index contributed by atoms with van der Waals surface area (Å²) in [6, 6.07) is 6.59. The van der Waals surface area contributed by atoms with Crippen LogP contribution in [0.5, 0.6) is 0 Å². The molecule has 1 aromatic rings. The number of hydrogen-bond acceptors (Lipinski definition) is 0. The van der Waals surface area contributed by atoms with Gasteiger partial charge in [-0.1, -0.05) is 0 Å². The van der Waals surface area contributed by atoms with Gasteiger partial charge in [-0.05, 0) is 0 Å². The van der Waals surface area contributed by atoms with E-state index in [9.17, 15) is 0 Å². The summed E-state index contributed by atoms with van der Waals surface area (Å²) in [4.78, 5) is 0. The monoisotopic (exact) mass is 450 g/mol. The molecule has 0 radical (unpaired) electrons. The van der Waals surface area contributed by atoms with Gasteiger partial charge in [-0.3, -0.25) is 0 Å². The van der Waals surface area contributed by atoms with Crippen molar-refractivity contribution in [1.82, 2.24) is 0 Å². The van der Waals surface area contributed by atoms with Crippen molar-refractivity contribution in [1.29, 1.82) is 0 Å². The quantitative estimate of drug-likeness (QED) is 0.345. The van der Waals surface area contributed by atoms with E-state index in [4.69, 9.17) is 0 Å². The van der Waals surface area contributed by atoms with E-state index in [0.29, 0.717) is 3.63 Å². The van der Waals surface area contributed by atoms with Crippen LogP contribution in [0.25, 0.3) is 6.08 Å². The van der Waals surface area contributed by atoms with Crippen molar-refractivity contribution in [2.45, 2.75) is 10.5 Å². The molecule has 15 heavy (non-hydrogen) atoms. The Morgan fingerprint density at radius 3 is 2.33 bits per heavy atom. The number of fused-ring (bicyclic) bond motifs is 1. The molecule has 0 spiro atoms. The Hall–Kier alpha value is 1.44. The maximum atomic E-state index is 2.41. The van der Waals surface area contributed by atoms with Crippen molar-refractivity contribution in [3.63, 3.8) is 0 Å². The summed E-state index contributed by atoms with van der Waals surface area (Å²) in [7, 11) is 0. The first-order valence-electron chi connectivity index (χ1n) is 3.88. The molecule has 1 aliphatic carbocycles. The van der Waals surface area contributed by atoms with Crippen LogP contribution in [0, 0.1) is 3.57 Å². The Balaban J connectivity index is 0. The summed E-state index contributed by atoms with van der Waals surface area (Å²) in [5, 5.41) is 0. The van der Waals surface area contributed by atoms with E-state index in [1.807, 2.05) is 0 Å². The maximum absolute atomic E-state index is 2.41. The molecule has 1 atom stereocenters. The number of allylic oxidation sites excluding steroid dienone is 1. The van der Waals surface area contributed by atoms with E-state index in [0.717, 1.165) is 0 Å². The van der Waals surface area contributed by atoms with Gasteiger partial charge in [-0.15, -0.1) is 0 Å². The predicted octanol–water partition coefficient (Wildman–Crippen LogP) is -5.69. The number of halogens is 4. The van der Waals surface area contributed by atoms with E-state index in [1.54, 1.807) is 24.7 Å². The standard InChI is InChI=1S/C10H8I.3ClH.Zr/c1-7-5-8-3-2-4-10(11)9(8)6-7;;;;/h2-6H,1H3;3*1H;/q;;;;+3/p-3. The molecule has 1 unspecified atom stereocenters. The van der Waals surface area contributed by atoms with Crippen molar-refractivity contribution in [2.75, 3.05) is 0 Å². The van der Waals surface area contributed by atoms with Crippen LogP contribution in [0.15, 0.2) is 23.8 Å². The van der Waals surface area contributed by atoms with E-state index >= 15 is 0 Å². The van der Waals surface area contributed by atoms with Gasteiger partial charge in [0.15, 0.2) is 0 Å². The second-order valence-corrected chi connectivity index (χ2v) is 5.65. The Morgan fingerprint density at radius 2 is 1.80 bits per heavy atom. The van der Waals surface area contributed by atoms with Gasteiger partial charge < -0.3 is 37.2 Å². The SMILES string of the molecule is CC1=Cc2c(I)cccc2[CH]1[Zr+3].[Cl-].[Cl-].[Cl-]. The number of benzene rings is 1. The molecule has 0 saturated heterocycles. The van der Waals surface area contributed by atoms with Gasteiger partial charge in [0, 0.05) is 0 Å². The second-order valence-electron chi connectivity index (χ2n) is 3.06. The summed E-state index contributed by atoms with van der Waals surface area (Å²) in [6.07, 6.45) is 2.33. The molecule has 0 fully saturated rings. The van der Waals surface area contributed by atoms with Gasteiger partial charge in [0.05, 0.1) is 0 Å². The van der Waals surface area contributed by atoms with Crippen molar-refractivity contribution < 1.29 is 61.9 Å². The van der Waals surface area contributed by atoms with Crippen LogP contribution in [0.4, 0.5) is 0 Å². The number of rotatable bonds is 0. The number of hydrogen-bond donors (Lipinski definition) is 0. The van der Waals surface area contributed by atoms with E-state index in [-0.39, 0.29) is 37.2 Å². The zero-order valence-corrected chi connectivity index (χ0v) is 14.8. The fourth-order valence-electron chi connectivity index (χ4n) is 1.51. The Bertz CT molecular complexity index is 366. The minimum absolute atomic E-state index is 0. The fourth-order valence-corrected chi connectivity index (χ4v) is 3.01. The van der Waals surface area contributed by atoms with Gasteiger partial charge in [0.25, 0.3) is 0 Å². The minimum atomic E-state index is 0. The third-order valence-corrected chi connectivity index (χ3v) is 5.05. The molecular formula is C10H8Cl3IZr. The molecule has 0 aromatic heterocycles. The maximum Gasteiger partial charge on any atom is -1.00 e. The zero-order chi connectivity index (χ0) is 8.72. The molecule has 0 N–H and O–H groups in total. The van der Waals surface area contributed by atoms with Crippen LogP contribution < -0.4 is 37.2 Å². The van der Waals surface area contributed by atoms with Gasteiger partial charge in [0.1, 0.15) is 0 Å². The Kier molecular flexibility index (Phi) is 9.66. The van der Waals surface area contributed by atoms with Crippen LogP contribution in [0.2, 0.25) is 0 Å². The van der Waals surface area contributed by atoms with Crippen LogP contribution in [0.1, 0.15) is 21.7 Å². The molecule has 1 aromatic carbocycles. The van der Waals surface area contributed by atoms with Crippen molar-refractivity contribution in [2.24, 2.45) is 0 Å². The smallest absolute Gasteiger partial charge is 1.00 e. The molecule has 0 nitrogen and oxygen atoms in total. The fraction of sp³-hybridized carbons (Fsp3) is 0.200. The summed E-state index contributed by atoms with van der Waals surface area (Å²) < 4.78 is 2.09. The molecule has 1 aliphatic rings. The van der Waals surface area contributed by atoms with E-state index < -0.39 is 0 Å². The molecule has 80 valence electrons. The normalized spacial score (nSPS) is 16.5. The van der Waals surface area contributed by atoms with Crippen LogP contribution in [-0.4, -0.2) is 0 Å². The molecule has 0 bridgehead atoms. The average molecular weight is 453 g/mol. The first-order chi connectivity index (χ1) is 5.70. The molecule has 0 heterocycles. The average Bonchev–Trinajstić information content (AvgIpc) is 2.32. The largest absolute Gasteiger partial charge is 1.00 e. The summed E-state index contributed by atoms with van der Waals surface area (Å²) in [5.41, 5.74) is 4.50. The van der Waals surface area contributed by atoms with Crippen LogP contribution >= 0.6 is 22.6 Å². The topological polar surface area (TPSA) is 0 Å². The molecule has 0 aliphatic heterocycles. The third kappa shape index (κ3) is 3.71. The predicted molar refractivity (Wildman–Crippen MR) is 55.6 cm³/mol. The van der Waals surface area contributed by atoms with E-state index in [1.165, 1.54) is 20.3 Å². The van der Waals surface area contributed by atoms with Gasteiger partial charge >= 0.3 is 102 Å². The molecule has 2 rings (SSSR count). The van der Waals surface area contributed by atoms with Gasteiger partial charge in [-0.25, -0.2) is 0 Å². The molecule has 0 amide bonds. The molecular weight excluding hydrogens is 445 g/mol. The summed E-state index contributed by atoms with van der Waals surface area (Å²) >= 11 is 4.01. The third-order valence-electron chi connectivity index (χ3n) is 2.22. The first-order valence-corrected chi connectivity index (χ1v) is 6.37. The van der Waals surface area contributed by atoms with Crippen molar-refractivity contribution in [3.8, 4) is 0 Å². The van der Waals surface area contributed by atoms with Crippen LogP contribution in [-0.2, 0) is 24.7 Å². The molecule has 5 heteroatoms. The Labute approximate surface area is 138 Å².